The average Bonchev–Trinajstić information content (AvgIpc) is 2.69. The van der Waals surface area contributed by atoms with Gasteiger partial charge in [-0.15, -0.1) is 0 Å². The fourth-order valence-corrected chi connectivity index (χ4v) is 3.99. The number of para-hydroxylation sites is 2. The number of fused-ring (bicyclic) bond motifs is 1. The number of nitrogens with zero attached hydrogens (tertiary/aromatic N) is 1. The maximum absolute atomic E-state index is 11.6. The number of rotatable bonds is 2. The monoisotopic (exact) mass is 265 g/mol. The molecule has 1 unspecified atom stereocenters. The molecule has 1 fully saturated rings. The normalized spacial score (nSPS) is 23.0. The number of aromatic amines is 1. The van der Waals surface area contributed by atoms with E-state index in [1.807, 2.05) is 24.3 Å². The lowest BCUT2D eigenvalue weighted by Crippen LogP contribution is -2.35. The summed E-state index contributed by atoms with van der Waals surface area (Å²) in [4.78, 5) is 7.55. The second-order valence-electron chi connectivity index (χ2n) is 4.70. The molecular formula is C12H15N3O2S. The molecule has 0 aliphatic carbocycles. The predicted octanol–water partition coefficient (Wildman–Crippen LogP) is 1.55. The highest BCUT2D eigenvalue weighted by molar-refractivity contribution is 7.91. The first-order valence-corrected chi connectivity index (χ1v) is 7.86. The molecule has 1 aliphatic heterocycles. The lowest BCUT2D eigenvalue weighted by molar-refractivity contribution is 0.561. The first-order valence-electron chi connectivity index (χ1n) is 6.04. The van der Waals surface area contributed by atoms with Gasteiger partial charge in [0.05, 0.1) is 22.5 Å². The molecule has 0 amide bonds. The molecule has 1 saturated heterocycles. The Bertz CT molecular complexity index is 630. The van der Waals surface area contributed by atoms with Gasteiger partial charge in [0.2, 0.25) is 5.95 Å². The zero-order valence-corrected chi connectivity index (χ0v) is 10.7. The standard InChI is InChI=1S/C12H15N3O2S/c16-18(17)7-3-4-9(8-18)13-12-14-10-5-1-2-6-11(10)15-12/h1-2,5-6,9H,3-4,7-8H2,(H2,13,14,15). The van der Waals surface area contributed by atoms with Gasteiger partial charge in [-0.2, -0.15) is 0 Å². The number of anilines is 1. The summed E-state index contributed by atoms with van der Waals surface area (Å²) < 4.78 is 23.1. The third-order valence-corrected chi connectivity index (χ3v) is 5.01. The Balaban J connectivity index is 1.80. The third-order valence-electron chi connectivity index (χ3n) is 3.19. The van der Waals surface area contributed by atoms with Gasteiger partial charge in [-0.05, 0) is 25.0 Å². The van der Waals surface area contributed by atoms with Crippen LogP contribution in [0.5, 0.6) is 0 Å². The molecule has 0 saturated carbocycles. The largest absolute Gasteiger partial charge is 0.352 e. The number of sulfone groups is 1. The van der Waals surface area contributed by atoms with Crippen molar-refractivity contribution in [1.82, 2.24) is 9.97 Å². The van der Waals surface area contributed by atoms with Crippen LogP contribution in [0.15, 0.2) is 24.3 Å². The number of nitrogens with one attached hydrogen (secondary N) is 2. The predicted molar refractivity (Wildman–Crippen MR) is 71.4 cm³/mol. The van der Waals surface area contributed by atoms with E-state index in [9.17, 15) is 8.42 Å². The van der Waals surface area contributed by atoms with Gasteiger partial charge >= 0.3 is 0 Å². The molecule has 18 heavy (non-hydrogen) atoms. The summed E-state index contributed by atoms with van der Waals surface area (Å²) in [6.07, 6.45) is 1.59. The van der Waals surface area contributed by atoms with E-state index in [1.54, 1.807) is 0 Å². The number of imidazole rings is 1. The molecule has 5 nitrogen and oxygen atoms in total. The zero-order chi connectivity index (χ0) is 12.6. The number of hydrogen-bond donors (Lipinski definition) is 2. The Morgan fingerprint density at radius 2 is 2.17 bits per heavy atom. The minimum absolute atomic E-state index is 0.0377. The van der Waals surface area contributed by atoms with E-state index in [0.717, 1.165) is 23.9 Å². The topological polar surface area (TPSA) is 74.8 Å². The van der Waals surface area contributed by atoms with E-state index in [1.165, 1.54) is 0 Å². The van der Waals surface area contributed by atoms with Crippen LogP contribution in [0.2, 0.25) is 0 Å². The first kappa shape index (κ1) is 11.5. The molecule has 0 radical (unpaired) electrons. The summed E-state index contributed by atoms with van der Waals surface area (Å²) in [5.41, 5.74) is 1.84. The first-order chi connectivity index (χ1) is 8.62. The van der Waals surface area contributed by atoms with Crippen LogP contribution in [0.1, 0.15) is 12.8 Å². The van der Waals surface area contributed by atoms with Crippen LogP contribution in [0.4, 0.5) is 5.95 Å². The Morgan fingerprint density at radius 1 is 1.33 bits per heavy atom. The van der Waals surface area contributed by atoms with E-state index in [-0.39, 0.29) is 11.8 Å². The Hall–Kier alpha value is -1.56. The summed E-state index contributed by atoms with van der Waals surface area (Å²) in [5, 5.41) is 3.18. The molecule has 1 aromatic carbocycles. The zero-order valence-electron chi connectivity index (χ0n) is 9.89. The van der Waals surface area contributed by atoms with Crippen LogP contribution < -0.4 is 5.32 Å². The number of aromatic nitrogens is 2. The fraction of sp³-hybridized carbons (Fsp3) is 0.417. The van der Waals surface area contributed by atoms with Gasteiger partial charge in [0.25, 0.3) is 0 Å². The second-order valence-corrected chi connectivity index (χ2v) is 6.93. The molecule has 0 spiro atoms. The Kier molecular flexibility index (Phi) is 2.74. The van der Waals surface area contributed by atoms with Crippen molar-refractivity contribution in [3.05, 3.63) is 24.3 Å². The summed E-state index contributed by atoms with van der Waals surface area (Å²) in [6.45, 7) is 0. The lowest BCUT2D eigenvalue weighted by Gasteiger charge is -2.22. The van der Waals surface area contributed by atoms with Crippen molar-refractivity contribution in [1.29, 1.82) is 0 Å². The van der Waals surface area contributed by atoms with Crippen molar-refractivity contribution in [2.75, 3.05) is 16.8 Å². The van der Waals surface area contributed by atoms with Crippen molar-refractivity contribution in [3.63, 3.8) is 0 Å². The highest BCUT2D eigenvalue weighted by Crippen LogP contribution is 2.18. The molecule has 0 bridgehead atoms. The number of H-pyrrole nitrogens is 1. The molecule has 96 valence electrons. The highest BCUT2D eigenvalue weighted by atomic mass is 32.2. The van der Waals surface area contributed by atoms with E-state index in [0.29, 0.717) is 11.7 Å². The molecular weight excluding hydrogens is 250 g/mol. The van der Waals surface area contributed by atoms with Crippen LogP contribution in [0, 0.1) is 0 Å². The second kappa shape index (κ2) is 4.28. The molecule has 2 heterocycles. The molecule has 3 rings (SSSR count). The minimum Gasteiger partial charge on any atom is -0.352 e. The van der Waals surface area contributed by atoms with Gasteiger partial charge in [-0.1, -0.05) is 12.1 Å². The number of benzene rings is 1. The third kappa shape index (κ3) is 2.33. The van der Waals surface area contributed by atoms with Crippen LogP contribution in [0.3, 0.4) is 0 Å². The van der Waals surface area contributed by atoms with Crippen molar-refractivity contribution >= 4 is 26.8 Å². The molecule has 2 aromatic rings. The molecule has 2 N–H and O–H groups in total. The van der Waals surface area contributed by atoms with Gasteiger partial charge < -0.3 is 10.3 Å². The van der Waals surface area contributed by atoms with E-state index in [2.05, 4.69) is 15.3 Å². The van der Waals surface area contributed by atoms with Gasteiger partial charge in [0.1, 0.15) is 0 Å². The van der Waals surface area contributed by atoms with Crippen LogP contribution in [-0.2, 0) is 9.84 Å². The quantitative estimate of drug-likeness (QED) is 0.864. The van der Waals surface area contributed by atoms with Gasteiger partial charge in [0.15, 0.2) is 9.84 Å². The van der Waals surface area contributed by atoms with E-state index >= 15 is 0 Å². The lowest BCUT2D eigenvalue weighted by atomic mass is 10.2. The number of hydrogen-bond acceptors (Lipinski definition) is 4. The Labute approximate surface area is 106 Å². The summed E-state index contributed by atoms with van der Waals surface area (Å²) in [7, 11) is -2.89. The SMILES string of the molecule is O=S1(=O)CCCC(Nc2nc3ccccc3[nH]2)C1. The van der Waals surface area contributed by atoms with Crippen molar-refractivity contribution < 1.29 is 8.42 Å². The van der Waals surface area contributed by atoms with E-state index < -0.39 is 9.84 Å². The van der Waals surface area contributed by atoms with Crippen LogP contribution >= 0.6 is 0 Å². The van der Waals surface area contributed by atoms with E-state index in [4.69, 9.17) is 0 Å². The molecule has 1 atom stereocenters. The molecule has 1 aromatic heterocycles. The van der Waals surface area contributed by atoms with Gasteiger partial charge in [0, 0.05) is 6.04 Å². The fourth-order valence-electron chi connectivity index (χ4n) is 2.35. The summed E-state index contributed by atoms with van der Waals surface area (Å²) in [6, 6.07) is 7.71. The molecule has 1 aliphatic rings. The maximum atomic E-state index is 11.6. The van der Waals surface area contributed by atoms with Gasteiger partial charge in [-0.25, -0.2) is 13.4 Å². The van der Waals surface area contributed by atoms with Crippen molar-refractivity contribution in [3.8, 4) is 0 Å². The minimum atomic E-state index is -2.89. The maximum Gasteiger partial charge on any atom is 0.201 e. The average molecular weight is 265 g/mol. The highest BCUT2D eigenvalue weighted by Gasteiger charge is 2.25. The van der Waals surface area contributed by atoms with Crippen LogP contribution in [0.25, 0.3) is 11.0 Å². The molecule has 6 heteroatoms. The van der Waals surface area contributed by atoms with Crippen molar-refractivity contribution in [2.45, 2.75) is 18.9 Å². The smallest absolute Gasteiger partial charge is 0.201 e. The van der Waals surface area contributed by atoms with Crippen molar-refractivity contribution in [2.24, 2.45) is 0 Å². The Morgan fingerprint density at radius 3 is 2.94 bits per heavy atom. The summed E-state index contributed by atoms with van der Waals surface area (Å²) >= 11 is 0. The summed E-state index contributed by atoms with van der Waals surface area (Å²) in [5.74, 6) is 1.16. The van der Waals surface area contributed by atoms with Gasteiger partial charge in [-0.3, -0.25) is 0 Å². The van der Waals surface area contributed by atoms with Crippen LogP contribution in [-0.4, -0.2) is 35.9 Å².